The lowest BCUT2D eigenvalue weighted by molar-refractivity contribution is -0.503. The number of Topliss-reactive ketones (excluding diaryl/α,β-unsaturated/α-hetero) is 1. The van der Waals surface area contributed by atoms with Crippen LogP contribution >= 0.6 is 0 Å². The summed E-state index contributed by atoms with van der Waals surface area (Å²) in [6.07, 6.45) is -3.13. The van der Waals surface area contributed by atoms with Crippen molar-refractivity contribution in [2.75, 3.05) is 0 Å². The minimum atomic E-state index is -2.52. The van der Waals surface area contributed by atoms with E-state index in [2.05, 4.69) is 6.58 Å². The van der Waals surface area contributed by atoms with E-state index in [-0.39, 0.29) is 12.0 Å². The van der Waals surface area contributed by atoms with Crippen LogP contribution in [0.2, 0.25) is 0 Å². The summed E-state index contributed by atoms with van der Waals surface area (Å²) < 4.78 is 11.3. The molecule has 4 saturated carbocycles. The standard InChI is InChI=1S/C22H30O8/c1-9-11-8-12(29-10(2)23)13-20-7-5-6-19(3,4)14(20)17(26)22(28,30-18(20)27)21(13,15(9)24)16(11)25/h11-14,16-18,25-28H,1,5-8H2,2-4H3/t11-,12-,13?,14+,16+,17-,18?,20+,21-,22-/m0/s1. The van der Waals surface area contributed by atoms with Gasteiger partial charge in [-0.3, -0.25) is 9.59 Å². The number of aliphatic hydroxyl groups excluding tert-OH is 3. The van der Waals surface area contributed by atoms with E-state index in [4.69, 9.17) is 9.47 Å². The molecule has 8 heteroatoms. The molecule has 0 radical (unpaired) electrons. The average molecular weight is 422 g/mol. The van der Waals surface area contributed by atoms with Crippen molar-refractivity contribution in [3.8, 4) is 0 Å². The van der Waals surface area contributed by atoms with Crippen LogP contribution in [0.25, 0.3) is 0 Å². The van der Waals surface area contributed by atoms with Crippen molar-refractivity contribution in [1.29, 1.82) is 0 Å². The van der Waals surface area contributed by atoms with Gasteiger partial charge in [0.1, 0.15) is 17.6 Å². The van der Waals surface area contributed by atoms with Gasteiger partial charge in [-0.2, -0.15) is 0 Å². The van der Waals surface area contributed by atoms with Gasteiger partial charge in [-0.1, -0.05) is 26.8 Å². The molecule has 2 unspecified atom stereocenters. The summed E-state index contributed by atoms with van der Waals surface area (Å²) in [7, 11) is 0. The van der Waals surface area contributed by atoms with Crippen molar-refractivity contribution in [1.82, 2.24) is 0 Å². The Bertz CT molecular complexity index is 852. The second-order valence-electron chi connectivity index (χ2n) is 10.7. The second kappa shape index (κ2) is 5.72. The van der Waals surface area contributed by atoms with Gasteiger partial charge in [0.05, 0.1) is 6.10 Å². The normalized spacial score (nSPS) is 55.8. The van der Waals surface area contributed by atoms with E-state index in [1.807, 2.05) is 13.8 Å². The van der Waals surface area contributed by atoms with E-state index in [0.29, 0.717) is 12.8 Å². The molecule has 6 rings (SSSR count). The summed E-state index contributed by atoms with van der Waals surface area (Å²) in [5, 5.41) is 45.8. The highest BCUT2D eigenvalue weighted by molar-refractivity contribution is 6.05. The van der Waals surface area contributed by atoms with Crippen LogP contribution in [0.1, 0.15) is 46.5 Å². The molecular formula is C22H30O8. The Kier molecular flexibility index (Phi) is 3.92. The van der Waals surface area contributed by atoms with Crippen LogP contribution in [0, 0.1) is 34.0 Å². The van der Waals surface area contributed by atoms with Gasteiger partial charge in [0.25, 0.3) is 0 Å². The zero-order chi connectivity index (χ0) is 22.0. The lowest BCUT2D eigenvalue weighted by Gasteiger charge is -2.75. The quantitative estimate of drug-likeness (QED) is 0.349. The fourth-order valence-corrected chi connectivity index (χ4v) is 8.36. The van der Waals surface area contributed by atoms with E-state index >= 15 is 0 Å². The summed E-state index contributed by atoms with van der Waals surface area (Å²) in [4.78, 5) is 25.6. The molecule has 2 saturated heterocycles. The van der Waals surface area contributed by atoms with Crippen molar-refractivity contribution in [3.63, 3.8) is 0 Å². The van der Waals surface area contributed by atoms with Gasteiger partial charge in [-0.25, -0.2) is 0 Å². The van der Waals surface area contributed by atoms with Crippen molar-refractivity contribution in [3.05, 3.63) is 12.2 Å². The van der Waals surface area contributed by atoms with E-state index < -0.39 is 76.1 Å². The molecule has 6 fully saturated rings. The molecule has 8 nitrogen and oxygen atoms in total. The number of ketones is 1. The Balaban J connectivity index is 1.83. The largest absolute Gasteiger partial charge is 0.462 e. The summed E-state index contributed by atoms with van der Waals surface area (Å²) in [6, 6.07) is 0. The molecule has 2 spiro atoms. The van der Waals surface area contributed by atoms with Crippen LogP contribution in [0.4, 0.5) is 0 Å². The summed E-state index contributed by atoms with van der Waals surface area (Å²) >= 11 is 0. The van der Waals surface area contributed by atoms with Crippen LogP contribution in [-0.4, -0.2) is 62.6 Å². The monoisotopic (exact) mass is 422 g/mol. The van der Waals surface area contributed by atoms with E-state index in [1.165, 1.54) is 6.92 Å². The number of ether oxygens (including phenoxy) is 2. The molecule has 10 atom stereocenters. The minimum absolute atomic E-state index is 0.136. The molecule has 0 aromatic heterocycles. The number of carbonyl (C=O) groups excluding carboxylic acids is 2. The van der Waals surface area contributed by atoms with Crippen LogP contribution in [-0.2, 0) is 19.1 Å². The first kappa shape index (κ1) is 20.6. The maximum absolute atomic E-state index is 13.6. The summed E-state index contributed by atoms with van der Waals surface area (Å²) in [5.41, 5.74) is -3.47. The SMILES string of the molecule is C=C1C(=O)[C@@]23C([C@@H](OC(C)=O)C[C@@H]1[C@H]2O)[C@]12CCCC(C)(C)[C@H]1[C@H](O)[C@]3(O)OC2O. The molecule has 4 aliphatic carbocycles. The smallest absolute Gasteiger partial charge is 0.302 e. The van der Waals surface area contributed by atoms with Crippen molar-refractivity contribution in [2.45, 2.75) is 76.8 Å². The predicted molar refractivity (Wildman–Crippen MR) is 101 cm³/mol. The van der Waals surface area contributed by atoms with Crippen molar-refractivity contribution >= 4 is 11.8 Å². The first-order valence-corrected chi connectivity index (χ1v) is 10.7. The third kappa shape index (κ3) is 1.88. The van der Waals surface area contributed by atoms with Gasteiger partial charge >= 0.3 is 5.97 Å². The Morgan fingerprint density at radius 3 is 2.47 bits per heavy atom. The van der Waals surface area contributed by atoms with E-state index in [1.54, 1.807) is 0 Å². The second-order valence-corrected chi connectivity index (χ2v) is 10.7. The van der Waals surface area contributed by atoms with Gasteiger partial charge in [0, 0.05) is 30.1 Å². The van der Waals surface area contributed by atoms with Crippen LogP contribution < -0.4 is 0 Å². The highest BCUT2D eigenvalue weighted by Gasteiger charge is 2.89. The van der Waals surface area contributed by atoms with Crippen LogP contribution in [0.5, 0.6) is 0 Å². The molecule has 6 aliphatic rings. The number of esters is 1. The highest BCUT2D eigenvalue weighted by atomic mass is 16.7. The molecule has 2 heterocycles. The topological polar surface area (TPSA) is 134 Å². The van der Waals surface area contributed by atoms with Crippen molar-refractivity contribution < 1.29 is 39.5 Å². The van der Waals surface area contributed by atoms with Gasteiger partial charge in [0.15, 0.2) is 12.1 Å². The summed E-state index contributed by atoms with van der Waals surface area (Å²) in [5.74, 6) is -5.89. The molecule has 2 aliphatic heterocycles. The number of rotatable bonds is 1. The molecule has 0 amide bonds. The third-order valence-corrected chi connectivity index (χ3v) is 9.12. The zero-order valence-electron chi connectivity index (χ0n) is 17.5. The van der Waals surface area contributed by atoms with Crippen LogP contribution in [0.15, 0.2) is 12.2 Å². The van der Waals surface area contributed by atoms with Gasteiger partial charge in [0.2, 0.25) is 5.79 Å². The maximum atomic E-state index is 13.6. The zero-order valence-corrected chi connectivity index (χ0v) is 17.5. The Labute approximate surface area is 174 Å². The fraction of sp³-hybridized carbons (Fsp3) is 0.818. The maximum Gasteiger partial charge on any atom is 0.302 e. The number of hydrogen-bond acceptors (Lipinski definition) is 8. The van der Waals surface area contributed by atoms with Gasteiger partial charge in [-0.15, -0.1) is 0 Å². The first-order valence-electron chi connectivity index (χ1n) is 10.7. The van der Waals surface area contributed by atoms with Gasteiger partial charge in [-0.05, 0) is 30.3 Å². The summed E-state index contributed by atoms with van der Waals surface area (Å²) in [6.45, 7) is 9.05. The first-order chi connectivity index (χ1) is 13.9. The molecular weight excluding hydrogens is 392 g/mol. The molecule has 166 valence electrons. The Morgan fingerprint density at radius 1 is 1.17 bits per heavy atom. The third-order valence-electron chi connectivity index (χ3n) is 9.12. The van der Waals surface area contributed by atoms with E-state index in [9.17, 15) is 30.0 Å². The number of carbonyl (C=O) groups is 2. The lowest BCUT2D eigenvalue weighted by atomic mass is 9.35. The van der Waals surface area contributed by atoms with Gasteiger partial charge < -0.3 is 29.9 Å². The minimum Gasteiger partial charge on any atom is -0.462 e. The Hall–Kier alpha value is -1.32. The number of aliphatic hydroxyl groups is 4. The average Bonchev–Trinajstić information content (AvgIpc) is 2.74. The Morgan fingerprint density at radius 2 is 1.83 bits per heavy atom. The van der Waals surface area contributed by atoms with E-state index in [0.717, 1.165) is 6.42 Å². The highest BCUT2D eigenvalue weighted by Crippen LogP contribution is 2.77. The number of hydrogen-bond donors (Lipinski definition) is 4. The molecule has 4 bridgehead atoms. The lowest BCUT2D eigenvalue weighted by Crippen LogP contribution is -2.87. The number of fused-ring (bicyclic) bond motifs is 2. The van der Waals surface area contributed by atoms with Crippen molar-refractivity contribution in [2.24, 2.45) is 34.0 Å². The fourth-order valence-electron chi connectivity index (χ4n) is 8.36. The van der Waals surface area contributed by atoms with Crippen LogP contribution in [0.3, 0.4) is 0 Å². The molecule has 0 aromatic rings. The molecule has 30 heavy (non-hydrogen) atoms. The molecule has 0 aromatic carbocycles. The molecule has 4 N–H and O–H groups in total. The predicted octanol–water partition coefficient (Wildman–Crippen LogP) is 0.265.